The fraction of sp³-hybridized carbons (Fsp3) is 0.600. The standard InChI is InChI=1S/C10H16N2O8.H2O.3O.Re/c13-7(14)3-11(4-8(15)16)1-2-12(5-9(17)18)6-10(19)20;;;;;/h1-6H2,(H,13,14)(H,15,16)(H,17,18)(H,19,20);1H2;;;;/q;;;;;+1/p-1. The fourth-order valence-corrected chi connectivity index (χ4v) is 1.48. The molecule has 0 unspecified atom stereocenters. The Morgan fingerprint density at radius 3 is 0.880 bits per heavy atom. The van der Waals surface area contributed by atoms with Gasteiger partial charge in [-0.1, -0.05) is 0 Å². The zero-order chi connectivity index (χ0) is 20.2. The van der Waals surface area contributed by atoms with Gasteiger partial charge in [0.1, 0.15) is 0 Å². The van der Waals surface area contributed by atoms with E-state index in [4.69, 9.17) is 34.7 Å². The van der Waals surface area contributed by atoms with Crippen molar-refractivity contribution >= 4 is 23.9 Å². The maximum absolute atomic E-state index is 10.6. The van der Waals surface area contributed by atoms with Crippen LogP contribution in [0.25, 0.3) is 0 Å². The summed E-state index contributed by atoms with van der Waals surface area (Å²) in [5.74, 6) is -4.91. The van der Waals surface area contributed by atoms with Crippen LogP contribution < -0.4 is 0 Å². The van der Waals surface area contributed by atoms with Crippen molar-refractivity contribution in [2.24, 2.45) is 0 Å². The number of hydrogen-bond donors (Lipinski definition) is 5. The number of carboxylic acid groups (broad SMARTS) is 4. The molecule has 0 bridgehead atoms. The second kappa shape index (κ2) is 12.2. The van der Waals surface area contributed by atoms with E-state index in [0.29, 0.717) is 0 Å². The first-order valence-electron chi connectivity index (χ1n) is 6.15. The van der Waals surface area contributed by atoms with Crippen molar-refractivity contribution in [1.82, 2.24) is 9.80 Å². The summed E-state index contributed by atoms with van der Waals surface area (Å²) in [6.07, 6.45) is 0. The molecular weight excluding hydrogens is 526 g/mol. The summed E-state index contributed by atoms with van der Waals surface area (Å²) in [5, 5.41) is 34.5. The molecule has 0 aromatic carbocycles. The molecule has 146 valence electrons. The summed E-state index contributed by atoms with van der Waals surface area (Å²) < 4.78 is 33.3. The first-order chi connectivity index (χ1) is 11.2. The molecule has 0 aromatic rings. The SMILES string of the molecule is O=C(O)CN(CCN(CC(=O)O)CC(=O)O)CC(=O)O.[O]=[Re](=[O])(=[O])[OH]. The van der Waals surface area contributed by atoms with Crippen molar-refractivity contribution < 1.29 is 69.6 Å². The van der Waals surface area contributed by atoms with Crippen LogP contribution in [0.4, 0.5) is 0 Å². The monoisotopic (exact) mass is 544 g/mol. The molecule has 0 fully saturated rings. The van der Waals surface area contributed by atoms with Gasteiger partial charge in [0, 0.05) is 13.1 Å². The van der Waals surface area contributed by atoms with Crippen molar-refractivity contribution in [3.8, 4) is 0 Å². The van der Waals surface area contributed by atoms with Gasteiger partial charge in [-0.3, -0.25) is 29.0 Å². The van der Waals surface area contributed by atoms with Crippen LogP contribution >= 0.6 is 0 Å². The number of nitrogens with zero attached hydrogens (tertiary/aromatic N) is 2. The van der Waals surface area contributed by atoms with E-state index in [1.165, 1.54) is 0 Å². The summed E-state index contributed by atoms with van der Waals surface area (Å²) in [5.41, 5.74) is 0. The molecule has 0 aliphatic rings. The molecule has 0 aliphatic carbocycles. The van der Waals surface area contributed by atoms with Crippen molar-refractivity contribution in [2.75, 3.05) is 39.3 Å². The zero-order valence-electron chi connectivity index (χ0n) is 12.6. The molecule has 0 saturated carbocycles. The summed E-state index contributed by atoms with van der Waals surface area (Å²) in [4.78, 5) is 44.4. The molecule has 0 spiro atoms. The third-order valence-corrected chi connectivity index (χ3v) is 2.17. The molecule has 0 heterocycles. The normalized spacial score (nSPS) is 10.8. The van der Waals surface area contributed by atoms with Crippen LogP contribution in [0.5, 0.6) is 0 Å². The molecule has 25 heavy (non-hydrogen) atoms. The number of carboxylic acids is 4. The summed E-state index contributed by atoms with van der Waals surface area (Å²) >= 11 is -5.86. The van der Waals surface area contributed by atoms with Crippen LogP contribution in [0, 0.1) is 0 Å². The minimum atomic E-state index is -5.86. The van der Waals surface area contributed by atoms with E-state index < -0.39 is 65.8 Å². The Hall–Kier alpha value is -2.18. The molecular formula is C10H17N2O12Re. The Morgan fingerprint density at radius 1 is 0.600 bits per heavy atom. The number of carbonyl (C=O) groups is 4. The van der Waals surface area contributed by atoms with Gasteiger partial charge in [-0.2, -0.15) is 0 Å². The van der Waals surface area contributed by atoms with Crippen LogP contribution in [0.1, 0.15) is 0 Å². The molecule has 14 nitrogen and oxygen atoms in total. The van der Waals surface area contributed by atoms with Gasteiger partial charge in [0.25, 0.3) is 0 Å². The van der Waals surface area contributed by atoms with Crippen LogP contribution in [0.3, 0.4) is 0 Å². The van der Waals surface area contributed by atoms with Crippen molar-refractivity contribution in [3.63, 3.8) is 0 Å². The number of aliphatic carboxylic acids is 4. The summed E-state index contributed by atoms with van der Waals surface area (Å²) in [6.45, 7) is -2.25. The zero-order valence-corrected chi connectivity index (χ0v) is 15.3. The van der Waals surface area contributed by atoms with E-state index >= 15 is 0 Å². The van der Waals surface area contributed by atoms with Gasteiger partial charge >= 0.3 is 53.9 Å². The average molecular weight is 543 g/mol. The Morgan fingerprint density at radius 2 is 0.760 bits per heavy atom. The topological polar surface area (TPSA) is 227 Å². The quantitative estimate of drug-likeness (QED) is 0.175. The van der Waals surface area contributed by atoms with Crippen molar-refractivity contribution in [3.05, 3.63) is 0 Å². The molecule has 0 saturated heterocycles. The third kappa shape index (κ3) is 24.2. The Labute approximate surface area is 143 Å². The molecule has 0 radical (unpaired) electrons. The van der Waals surface area contributed by atoms with Gasteiger partial charge in [-0.25, -0.2) is 0 Å². The number of rotatable bonds is 11. The third-order valence-electron chi connectivity index (χ3n) is 2.17. The Kier molecular flexibility index (Phi) is 12.3. The second-order valence-corrected chi connectivity index (χ2v) is 7.24. The molecule has 0 aromatic heterocycles. The maximum atomic E-state index is 10.6. The van der Waals surface area contributed by atoms with Crippen LogP contribution in [-0.2, 0) is 45.4 Å². The van der Waals surface area contributed by atoms with Gasteiger partial charge in [0.15, 0.2) is 0 Å². The molecule has 0 atom stereocenters. The summed E-state index contributed by atoms with van der Waals surface area (Å²) in [6, 6.07) is 0. The van der Waals surface area contributed by atoms with Crippen molar-refractivity contribution in [2.45, 2.75) is 0 Å². The van der Waals surface area contributed by atoms with Crippen LogP contribution in [-0.4, -0.2) is 97.2 Å². The molecule has 0 amide bonds. The van der Waals surface area contributed by atoms with E-state index in [0.717, 1.165) is 9.80 Å². The van der Waals surface area contributed by atoms with E-state index in [2.05, 4.69) is 0 Å². The first-order valence-corrected chi connectivity index (χ1v) is 10.7. The Bertz CT molecular complexity index is 556. The van der Waals surface area contributed by atoms with E-state index in [1.807, 2.05) is 0 Å². The van der Waals surface area contributed by atoms with E-state index in [9.17, 15) is 19.2 Å². The second-order valence-electron chi connectivity index (χ2n) is 4.39. The fourth-order valence-electron chi connectivity index (χ4n) is 1.48. The van der Waals surface area contributed by atoms with Gasteiger partial charge < -0.3 is 20.4 Å². The number of hydrogen-bond acceptors (Lipinski definition) is 9. The molecule has 0 rings (SSSR count). The van der Waals surface area contributed by atoms with Crippen LogP contribution in [0.2, 0.25) is 0 Å². The van der Waals surface area contributed by atoms with Crippen molar-refractivity contribution in [1.29, 1.82) is 0 Å². The predicted octanol–water partition coefficient (Wildman–Crippen LogP) is -2.99. The Balaban J connectivity index is 0. The van der Waals surface area contributed by atoms with Gasteiger partial charge in [-0.15, -0.1) is 0 Å². The average Bonchev–Trinajstić information content (AvgIpc) is 2.30. The van der Waals surface area contributed by atoms with E-state index in [1.54, 1.807) is 0 Å². The van der Waals surface area contributed by atoms with Crippen LogP contribution in [0.15, 0.2) is 0 Å². The minimum absolute atomic E-state index is 0.0703. The molecule has 5 N–H and O–H groups in total. The van der Waals surface area contributed by atoms with Gasteiger partial charge in [0.2, 0.25) is 0 Å². The predicted molar refractivity (Wildman–Crippen MR) is 67.7 cm³/mol. The van der Waals surface area contributed by atoms with Gasteiger partial charge in [0.05, 0.1) is 26.2 Å². The first kappa shape index (κ1) is 25.1. The molecule has 15 heteroatoms. The molecule has 0 aliphatic heterocycles. The summed E-state index contributed by atoms with van der Waals surface area (Å²) in [7, 11) is 0. The van der Waals surface area contributed by atoms with E-state index in [-0.39, 0.29) is 13.1 Å². The van der Waals surface area contributed by atoms with Gasteiger partial charge in [-0.05, 0) is 0 Å².